The number of amides is 1. The number of rotatable bonds is 4. The normalized spacial score (nSPS) is 24.8. The Balaban J connectivity index is 0.00000132. The summed E-state index contributed by atoms with van der Waals surface area (Å²) >= 11 is 1.62. The van der Waals surface area contributed by atoms with Gasteiger partial charge in [-0.05, 0) is 12.8 Å². The molecule has 2 fully saturated rings. The minimum atomic E-state index is -0.274. The molecule has 0 aliphatic carbocycles. The van der Waals surface area contributed by atoms with Crippen LogP contribution in [0.3, 0.4) is 0 Å². The Morgan fingerprint density at radius 1 is 1.30 bits per heavy atom. The molecule has 1 aromatic heterocycles. The second kappa shape index (κ2) is 9.76. The van der Waals surface area contributed by atoms with Crippen LogP contribution in [0.2, 0.25) is 0 Å². The Bertz CT molecular complexity index is 469. The van der Waals surface area contributed by atoms with Crippen LogP contribution in [0.25, 0.3) is 0 Å². The van der Waals surface area contributed by atoms with Gasteiger partial charge in [-0.25, -0.2) is 4.98 Å². The predicted molar refractivity (Wildman–Crippen MR) is 95.4 cm³/mol. The van der Waals surface area contributed by atoms with Crippen molar-refractivity contribution in [2.24, 2.45) is 5.73 Å². The quantitative estimate of drug-likeness (QED) is 0.844. The molecule has 3 rings (SSSR count). The van der Waals surface area contributed by atoms with E-state index >= 15 is 0 Å². The standard InChI is InChI=1S/C14H22N4O2S.2ClH/c15-7-12-1-2-13(20-12)14(19)18-5-3-17(4-6-18)8-11-9-21-10-16-11;;/h9-10,12-13H,1-8,15H2;2*1H/t12-,13+;;/m1../s1. The van der Waals surface area contributed by atoms with E-state index in [0.29, 0.717) is 6.54 Å². The number of carbonyl (C=O) groups is 1. The Labute approximate surface area is 153 Å². The van der Waals surface area contributed by atoms with Crippen LogP contribution in [0, 0.1) is 0 Å². The molecule has 2 saturated heterocycles. The van der Waals surface area contributed by atoms with Crippen LogP contribution in [-0.2, 0) is 16.1 Å². The highest BCUT2D eigenvalue weighted by atomic mass is 35.5. The number of hydrogen-bond acceptors (Lipinski definition) is 6. The van der Waals surface area contributed by atoms with Gasteiger partial charge < -0.3 is 15.4 Å². The fraction of sp³-hybridized carbons (Fsp3) is 0.714. The molecule has 0 saturated carbocycles. The molecule has 0 bridgehead atoms. The summed E-state index contributed by atoms with van der Waals surface area (Å²) in [5, 5.41) is 2.08. The third-order valence-electron chi connectivity index (χ3n) is 4.20. The van der Waals surface area contributed by atoms with Crippen LogP contribution in [0.4, 0.5) is 0 Å². The number of carbonyl (C=O) groups excluding carboxylic acids is 1. The van der Waals surface area contributed by atoms with E-state index in [4.69, 9.17) is 10.5 Å². The lowest BCUT2D eigenvalue weighted by molar-refractivity contribution is -0.144. The van der Waals surface area contributed by atoms with Gasteiger partial charge >= 0.3 is 0 Å². The van der Waals surface area contributed by atoms with Gasteiger partial charge in [0.05, 0.1) is 17.3 Å². The topological polar surface area (TPSA) is 71.7 Å². The van der Waals surface area contributed by atoms with Crippen LogP contribution in [0.15, 0.2) is 10.9 Å². The lowest BCUT2D eigenvalue weighted by Gasteiger charge is -2.35. The Morgan fingerprint density at radius 3 is 2.61 bits per heavy atom. The molecule has 0 unspecified atom stereocenters. The molecule has 2 atom stereocenters. The maximum atomic E-state index is 12.4. The Morgan fingerprint density at radius 2 is 2.04 bits per heavy atom. The summed E-state index contributed by atoms with van der Waals surface area (Å²) in [5.74, 6) is 0.138. The number of piperazine rings is 1. The molecular formula is C14H24Cl2N4O2S. The molecule has 1 aromatic rings. The molecule has 2 aliphatic heterocycles. The monoisotopic (exact) mass is 382 g/mol. The van der Waals surface area contributed by atoms with Crippen LogP contribution in [0.1, 0.15) is 18.5 Å². The summed E-state index contributed by atoms with van der Waals surface area (Å²) in [6, 6.07) is 0. The highest BCUT2D eigenvalue weighted by Gasteiger charge is 2.34. The molecule has 2 N–H and O–H groups in total. The number of aromatic nitrogens is 1. The van der Waals surface area contributed by atoms with Gasteiger partial charge in [0.25, 0.3) is 5.91 Å². The van der Waals surface area contributed by atoms with E-state index in [1.165, 1.54) is 0 Å². The van der Waals surface area contributed by atoms with Gasteiger partial charge in [0, 0.05) is 44.6 Å². The van der Waals surface area contributed by atoms with Gasteiger partial charge in [0.15, 0.2) is 0 Å². The van der Waals surface area contributed by atoms with E-state index in [0.717, 1.165) is 51.3 Å². The minimum Gasteiger partial charge on any atom is -0.364 e. The molecule has 6 nitrogen and oxygen atoms in total. The zero-order chi connectivity index (χ0) is 14.7. The SMILES string of the molecule is Cl.Cl.NC[C@H]1CC[C@@H](C(=O)N2CCN(Cc3cscn3)CC2)O1. The molecule has 0 spiro atoms. The first-order chi connectivity index (χ1) is 10.3. The highest BCUT2D eigenvalue weighted by Crippen LogP contribution is 2.21. The molecule has 0 aromatic carbocycles. The fourth-order valence-corrected chi connectivity index (χ4v) is 3.49. The third-order valence-corrected chi connectivity index (χ3v) is 4.83. The number of nitrogens with two attached hydrogens (primary N) is 1. The maximum absolute atomic E-state index is 12.4. The fourth-order valence-electron chi connectivity index (χ4n) is 2.94. The molecule has 9 heteroatoms. The smallest absolute Gasteiger partial charge is 0.251 e. The minimum absolute atomic E-state index is 0. The summed E-state index contributed by atoms with van der Waals surface area (Å²) in [6.07, 6.45) is 1.49. The lowest BCUT2D eigenvalue weighted by Crippen LogP contribution is -2.51. The number of hydrogen-bond donors (Lipinski definition) is 1. The second-order valence-electron chi connectivity index (χ2n) is 5.64. The van der Waals surface area contributed by atoms with E-state index in [9.17, 15) is 4.79 Å². The zero-order valence-electron chi connectivity index (χ0n) is 12.9. The van der Waals surface area contributed by atoms with E-state index in [-0.39, 0.29) is 42.9 Å². The molecule has 132 valence electrons. The largest absolute Gasteiger partial charge is 0.364 e. The van der Waals surface area contributed by atoms with Gasteiger partial charge in [0.1, 0.15) is 6.10 Å². The molecule has 0 radical (unpaired) electrons. The number of nitrogens with zero attached hydrogens (tertiary/aromatic N) is 3. The summed E-state index contributed by atoms with van der Waals surface area (Å²) in [6.45, 7) is 4.73. The lowest BCUT2D eigenvalue weighted by atomic mass is 10.1. The summed E-state index contributed by atoms with van der Waals surface area (Å²) < 4.78 is 5.70. The van der Waals surface area contributed by atoms with Crippen LogP contribution < -0.4 is 5.73 Å². The Kier molecular flexibility index (Phi) is 8.74. The van der Waals surface area contributed by atoms with Crippen molar-refractivity contribution in [3.05, 3.63) is 16.6 Å². The van der Waals surface area contributed by atoms with Crippen molar-refractivity contribution in [2.75, 3.05) is 32.7 Å². The zero-order valence-corrected chi connectivity index (χ0v) is 15.4. The second-order valence-corrected chi connectivity index (χ2v) is 6.36. The molecule has 2 aliphatic rings. The first-order valence-electron chi connectivity index (χ1n) is 7.50. The van der Waals surface area contributed by atoms with Crippen LogP contribution in [0.5, 0.6) is 0 Å². The molecular weight excluding hydrogens is 359 g/mol. The van der Waals surface area contributed by atoms with Crippen LogP contribution in [-0.4, -0.2) is 65.6 Å². The molecule has 23 heavy (non-hydrogen) atoms. The number of ether oxygens (including phenoxy) is 1. The highest BCUT2D eigenvalue weighted by molar-refractivity contribution is 7.07. The van der Waals surface area contributed by atoms with Crippen molar-refractivity contribution < 1.29 is 9.53 Å². The first-order valence-corrected chi connectivity index (χ1v) is 8.44. The molecule has 1 amide bonds. The van der Waals surface area contributed by atoms with Crippen molar-refractivity contribution in [3.63, 3.8) is 0 Å². The number of thiazole rings is 1. The summed E-state index contributed by atoms with van der Waals surface area (Å²) in [7, 11) is 0. The van der Waals surface area contributed by atoms with Gasteiger partial charge in [-0.2, -0.15) is 0 Å². The van der Waals surface area contributed by atoms with Crippen molar-refractivity contribution >= 4 is 42.1 Å². The van der Waals surface area contributed by atoms with Crippen molar-refractivity contribution in [1.29, 1.82) is 0 Å². The summed E-state index contributed by atoms with van der Waals surface area (Å²) in [5.41, 5.74) is 8.57. The van der Waals surface area contributed by atoms with Crippen molar-refractivity contribution in [2.45, 2.75) is 31.6 Å². The van der Waals surface area contributed by atoms with Gasteiger partial charge in [-0.1, -0.05) is 0 Å². The van der Waals surface area contributed by atoms with Crippen molar-refractivity contribution in [1.82, 2.24) is 14.8 Å². The van der Waals surface area contributed by atoms with E-state index in [1.807, 2.05) is 10.4 Å². The third kappa shape index (κ3) is 5.27. The van der Waals surface area contributed by atoms with E-state index in [1.54, 1.807) is 11.3 Å². The predicted octanol–water partition coefficient (Wildman–Crippen LogP) is 1.14. The summed E-state index contributed by atoms with van der Waals surface area (Å²) in [4.78, 5) is 21.0. The average Bonchev–Trinajstić information content (AvgIpc) is 3.18. The van der Waals surface area contributed by atoms with Crippen molar-refractivity contribution in [3.8, 4) is 0 Å². The Hall–Kier alpha value is -0.440. The van der Waals surface area contributed by atoms with Gasteiger partial charge in [0.2, 0.25) is 0 Å². The maximum Gasteiger partial charge on any atom is 0.251 e. The van der Waals surface area contributed by atoms with Crippen LogP contribution >= 0.6 is 36.2 Å². The van der Waals surface area contributed by atoms with E-state index < -0.39 is 0 Å². The number of halogens is 2. The average molecular weight is 383 g/mol. The van der Waals surface area contributed by atoms with E-state index in [2.05, 4.69) is 15.3 Å². The molecule has 3 heterocycles. The van der Waals surface area contributed by atoms with Gasteiger partial charge in [-0.15, -0.1) is 36.2 Å². The first kappa shape index (κ1) is 20.6. The van der Waals surface area contributed by atoms with Gasteiger partial charge in [-0.3, -0.25) is 9.69 Å².